The number of para-hydroxylation sites is 1. The number of nitrogens with zero attached hydrogens (tertiary/aromatic N) is 1. The molecule has 0 fully saturated rings. The first kappa shape index (κ1) is 15.7. The summed E-state index contributed by atoms with van der Waals surface area (Å²) >= 11 is 0. The quantitative estimate of drug-likeness (QED) is 0.658. The highest BCUT2D eigenvalue weighted by Crippen LogP contribution is 2.23. The van der Waals surface area contributed by atoms with Crippen LogP contribution in [-0.4, -0.2) is 10.8 Å². The molecule has 4 heteroatoms. The van der Waals surface area contributed by atoms with Crippen LogP contribution in [0, 0.1) is 0 Å². The predicted molar refractivity (Wildman–Crippen MR) is 95.6 cm³/mol. The van der Waals surface area contributed by atoms with Gasteiger partial charge in [-0.05, 0) is 34.9 Å². The molecule has 1 aliphatic rings. The zero-order valence-corrected chi connectivity index (χ0v) is 13.9. The fourth-order valence-corrected chi connectivity index (χ4v) is 3.19. The summed E-state index contributed by atoms with van der Waals surface area (Å²) < 4.78 is 11.3. The molecular formula is C21H19NO3. The standard InChI is InChI=1S/C21H19NO3/c1-2-21(23)22(11-15-7-8-17-13-24-14-18(17)9-15)12-19-10-16-5-3-4-6-20(16)25-19/h2-10H,1,11-14H2. The van der Waals surface area contributed by atoms with Gasteiger partial charge in [-0.15, -0.1) is 0 Å². The highest BCUT2D eigenvalue weighted by molar-refractivity contribution is 5.87. The molecule has 0 bridgehead atoms. The first-order chi connectivity index (χ1) is 12.2. The van der Waals surface area contributed by atoms with E-state index in [9.17, 15) is 4.79 Å². The zero-order valence-electron chi connectivity index (χ0n) is 13.9. The smallest absolute Gasteiger partial charge is 0.246 e. The predicted octanol–water partition coefficient (Wildman–Crippen LogP) is 4.18. The monoisotopic (exact) mass is 333 g/mol. The number of furan rings is 1. The van der Waals surface area contributed by atoms with Gasteiger partial charge in [-0.3, -0.25) is 4.79 Å². The Hall–Kier alpha value is -2.85. The van der Waals surface area contributed by atoms with Crippen molar-refractivity contribution in [2.45, 2.75) is 26.3 Å². The first-order valence-corrected chi connectivity index (χ1v) is 8.30. The van der Waals surface area contributed by atoms with Gasteiger partial charge >= 0.3 is 0 Å². The van der Waals surface area contributed by atoms with E-state index in [0.29, 0.717) is 26.3 Å². The van der Waals surface area contributed by atoms with E-state index in [2.05, 4.69) is 24.8 Å². The molecule has 4 nitrogen and oxygen atoms in total. The molecule has 1 aromatic heterocycles. The van der Waals surface area contributed by atoms with Crippen molar-refractivity contribution < 1.29 is 13.9 Å². The van der Waals surface area contributed by atoms with Crippen molar-refractivity contribution in [3.63, 3.8) is 0 Å². The van der Waals surface area contributed by atoms with Crippen molar-refractivity contribution in [1.82, 2.24) is 4.90 Å². The van der Waals surface area contributed by atoms with Crippen LogP contribution in [0.3, 0.4) is 0 Å². The summed E-state index contributed by atoms with van der Waals surface area (Å²) in [5.74, 6) is 0.651. The highest BCUT2D eigenvalue weighted by atomic mass is 16.5. The summed E-state index contributed by atoms with van der Waals surface area (Å²) in [7, 11) is 0. The Balaban J connectivity index is 1.57. The number of hydrogen-bond acceptors (Lipinski definition) is 3. The van der Waals surface area contributed by atoms with Crippen LogP contribution in [0.2, 0.25) is 0 Å². The molecule has 0 saturated heterocycles. The van der Waals surface area contributed by atoms with Gasteiger partial charge in [0.05, 0.1) is 19.8 Å². The van der Waals surface area contributed by atoms with E-state index in [4.69, 9.17) is 9.15 Å². The molecule has 0 atom stereocenters. The van der Waals surface area contributed by atoms with Crippen LogP contribution in [0.1, 0.15) is 22.5 Å². The lowest BCUT2D eigenvalue weighted by Crippen LogP contribution is -2.28. The van der Waals surface area contributed by atoms with Crippen LogP contribution in [-0.2, 0) is 35.8 Å². The van der Waals surface area contributed by atoms with E-state index >= 15 is 0 Å². The van der Waals surface area contributed by atoms with E-state index in [0.717, 1.165) is 22.3 Å². The van der Waals surface area contributed by atoms with Crippen LogP contribution in [0.15, 0.2) is 65.6 Å². The molecule has 2 heterocycles. The number of hydrogen-bond donors (Lipinski definition) is 0. The molecule has 0 aliphatic carbocycles. The second-order valence-corrected chi connectivity index (χ2v) is 6.24. The summed E-state index contributed by atoms with van der Waals surface area (Å²) in [6.07, 6.45) is 1.35. The average molecular weight is 333 g/mol. The molecule has 126 valence electrons. The maximum atomic E-state index is 12.3. The highest BCUT2D eigenvalue weighted by Gasteiger charge is 2.17. The lowest BCUT2D eigenvalue weighted by atomic mass is 10.1. The fourth-order valence-electron chi connectivity index (χ4n) is 3.19. The van der Waals surface area contributed by atoms with Crippen molar-refractivity contribution in [2.75, 3.05) is 0 Å². The first-order valence-electron chi connectivity index (χ1n) is 8.30. The summed E-state index contributed by atoms with van der Waals surface area (Å²) in [4.78, 5) is 14.0. The summed E-state index contributed by atoms with van der Waals surface area (Å²) in [5, 5.41) is 1.04. The Morgan fingerprint density at radius 2 is 1.92 bits per heavy atom. The van der Waals surface area contributed by atoms with Gasteiger partial charge in [0.15, 0.2) is 0 Å². The van der Waals surface area contributed by atoms with E-state index in [1.165, 1.54) is 17.2 Å². The summed E-state index contributed by atoms with van der Waals surface area (Å²) in [5.41, 5.74) is 4.34. The number of rotatable bonds is 5. The van der Waals surface area contributed by atoms with Gasteiger partial charge < -0.3 is 14.1 Å². The van der Waals surface area contributed by atoms with E-state index in [1.807, 2.05) is 30.3 Å². The molecule has 0 saturated carbocycles. The number of carbonyl (C=O) groups is 1. The lowest BCUT2D eigenvalue weighted by molar-refractivity contribution is -0.127. The van der Waals surface area contributed by atoms with Crippen molar-refractivity contribution in [1.29, 1.82) is 0 Å². The van der Waals surface area contributed by atoms with Crippen molar-refractivity contribution >= 4 is 16.9 Å². The van der Waals surface area contributed by atoms with E-state index in [1.54, 1.807) is 4.90 Å². The van der Waals surface area contributed by atoms with Crippen LogP contribution >= 0.6 is 0 Å². The Bertz CT molecular complexity index is 908. The van der Waals surface area contributed by atoms with Crippen LogP contribution in [0.4, 0.5) is 0 Å². The number of benzene rings is 2. The number of carbonyl (C=O) groups excluding carboxylic acids is 1. The van der Waals surface area contributed by atoms with Crippen LogP contribution in [0.5, 0.6) is 0 Å². The summed E-state index contributed by atoms with van der Waals surface area (Å²) in [6, 6.07) is 16.1. The van der Waals surface area contributed by atoms with Crippen molar-refractivity contribution in [3.05, 3.63) is 83.6 Å². The molecule has 0 radical (unpaired) electrons. The van der Waals surface area contributed by atoms with Gasteiger partial charge in [0.2, 0.25) is 5.91 Å². The van der Waals surface area contributed by atoms with Gasteiger partial charge in [0.25, 0.3) is 0 Å². The molecule has 3 aromatic rings. The van der Waals surface area contributed by atoms with Gasteiger partial charge in [-0.2, -0.15) is 0 Å². The van der Waals surface area contributed by atoms with Gasteiger partial charge in [-0.1, -0.05) is 43.0 Å². The molecule has 25 heavy (non-hydrogen) atoms. The third-order valence-corrected chi connectivity index (χ3v) is 4.47. The van der Waals surface area contributed by atoms with Gasteiger partial charge in [0.1, 0.15) is 11.3 Å². The maximum Gasteiger partial charge on any atom is 0.246 e. The molecule has 0 unspecified atom stereocenters. The lowest BCUT2D eigenvalue weighted by Gasteiger charge is -2.20. The van der Waals surface area contributed by atoms with Crippen LogP contribution < -0.4 is 0 Å². The molecule has 1 aliphatic heterocycles. The average Bonchev–Trinajstić information content (AvgIpc) is 3.25. The minimum Gasteiger partial charge on any atom is -0.459 e. The Morgan fingerprint density at radius 3 is 2.76 bits per heavy atom. The maximum absolute atomic E-state index is 12.3. The fraction of sp³-hybridized carbons (Fsp3) is 0.190. The molecular weight excluding hydrogens is 314 g/mol. The molecule has 2 aromatic carbocycles. The minimum atomic E-state index is -0.114. The van der Waals surface area contributed by atoms with Crippen molar-refractivity contribution in [2.24, 2.45) is 0 Å². The molecule has 1 amide bonds. The van der Waals surface area contributed by atoms with Gasteiger partial charge in [0, 0.05) is 11.9 Å². The number of amides is 1. The largest absolute Gasteiger partial charge is 0.459 e. The van der Waals surface area contributed by atoms with E-state index < -0.39 is 0 Å². The Morgan fingerprint density at radius 1 is 1.08 bits per heavy atom. The summed E-state index contributed by atoms with van der Waals surface area (Å²) in [6.45, 7) is 5.85. The number of ether oxygens (including phenoxy) is 1. The normalized spacial score (nSPS) is 13.0. The third kappa shape index (κ3) is 3.21. The third-order valence-electron chi connectivity index (χ3n) is 4.47. The van der Waals surface area contributed by atoms with Crippen LogP contribution in [0.25, 0.3) is 11.0 Å². The molecule has 0 spiro atoms. The Kier molecular flexibility index (Phi) is 4.12. The Labute approximate surface area is 146 Å². The topological polar surface area (TPSA) is 42.7 Å². The van der Waals surface area contributed by atoms with Crippen molar-refractivity contribution in [3.8, 4) is 0 Å². The second kappa shape index (κ2) is 6.57. The molecule has 0 N–H and O–H groups in total. The zero-order chi connectivity index (χ0) is 17.2. The molecule has 4 rings (SSSR count). The minimum absolute atomic E-state index is 0.114. The number of fused-ring (bicyclic) bond motifs is 2. The van der Waals surface area contributed by atoms with E-state index in [-0.39, 0.29) is 5.91 Å². The SMILES string of the molecule is C=CC(=O)N(Cc1ccc2c(c1)COC2)Cc1cc2ccccc2o1. The van der Waals surface area contributed by atoms with Gasteiger partial charge in [-0.25, -0.2) is 0 Å². The second-order valence-electron chi connectivity index (χ2n) is 6.24.